The minimum atomic E-state index is -0.384. The topological polar surface area (TPSA) is 71.1 Å². The van der Waals surface area contributed by atoms with Gasteiger partial charge in [0.15, 0.2) is 11.2 Å². The zero-order chi connectivity index (χ0) is 21.1. The van der Waals surface area contributed by atoms with Gasteiger partial charge in [0, 0.05) is 6.54 Å². The van der Waals surface area contributed by atoms with Crippen LogP contribution in [0.25, 0.3) is 11.2 Å². The molecule has 0 atom stereocenters. The average Bonchev–Trinajstić information content (AvgIpc) is 3.20. The standard InChI is InChI=1S/C23H24N4O3/c1-3-25-16-24-21-20(25)22(28)26(13-14-30-19-11-9-17(2)10-12-19)23(29)27(21)15-18-7-5-4-6-8-18/h4-12,16H,3,13-15H2,1-2H3. The lowest BCUT2D eigenvalue weighted by atomic mass is 10.2. The Labute approximate surface area is 173 Å². The summed E-state index contributed by atoms with van der Waals surface area (Å²) in [5.74, 6) is 0.706. The Morgan fingerprint density at radius 2 is 1.70 bits per heavy atom. The van der Waals surface area contributed by atoms with Crippen molar-refractivity contribution < 1.29 is 4.74 Å². The van der Waals surface area contributed by atoms with Crippen molar-refractivity contribution in [2.45, 2.75) is 33.5 Å². The van der Waals surface area contributed by atoms with Gasteiger partial charge in [-0.2, -0.15) is 0 Å². The van der Waals surface area contributed by atoms with Crippen molar-refractivity contribution in [2.24, 2.45) is 0 Å². The molecule has 0 radical (unpaired) electrons. The monoisotopic (exact) mass is 404 g/mol. The number of imidazole rings is 1. The molecule has 30 heavy (non-hydrogen) atoms. The third kappa shape index (κ3) is 3.78. The highest BCUT2D eigenvalue weighted by Gasteiger charge is 2.18. The predicted molar refractivity (Wildman–Crippen MR) is 116 cm³/mol. The summed E-state index contributed by atoms with van der Waals surface area (Å²) in [6, 6.07) is 17.3. The number of ether oxygens (including phenoxy) is 1. The quantitative estimate of drug-likeness (QED) is 0.475. The van der Waals surface area contributed by atoms with E-state index in [1.54, 1.807) is 15.5 Å². The third-order valence-electron chi connectivity index (χ3n) is 5.11. The second-order valence-corrected chi connectivity index (χ2v) is 7.18. The van der Waals surface area contributed by atoms with E-state index in [1.807, 2.05) is 68.4 Å². The summed E-state index contributed by atoms with van der Waals surface area (Å²) < 4.78 is 10.3. The minimum Gasteiger partial charge on any atom is -0.492 e. The predicted octanol–water partition coefficient (Wildman–Crippen LogP) is 2.82. The molecule has 0 fully saturated rings. The fraction of sp³-hybridized carbons (Fsp3) is 0.261. The molecule has 7 heteroatoms. The van der Waals surface area contributed by atoms with E-state index in [0.29, 0.717) is 30.0 Å². The van der Waals surface area contributed by atoms with Crippen LogP contribution in [0.2, 0.25) is 0 Å². The smallest absolute Gasteiger partial charge is 0.333 e. The van der Waals surface area contributed by atoms with Crippen LogP contribution < -0.4 is 16.0 Å². The maximum atomic E-state index is 13.2. The number of hydrogen-bond donors (Lipinski definition) is 0. The summed E-state index contributed by atoms with van der Waals surface area (Å²) in [6.45, 7) is 5.26. The van der Waals surface area contributed by atoms with Gasteiger partial charge in [-0.15, -0.1) is 0 Å². The second kappa shape index (κ2) is 8.41. The van der Waals surface area contributed by atoms with Crippen LogP contribution in [0.4, 0.5) is 0 Å². The Hall–Kier alpha value is -3.61. The molecule has 0 unspecified atom stereocenters. The highest BCUT2D eigenvalue weighted by Crippen LogP contribution is 2.12. The fourth-order valence-electron chi connectivity index (χ4n) is 3.47. The molecule has 154 valence electrons. The number of aryl methyl sites for hydroxylation is 2. The normalized spacial score (nSPS) is 11.1. The third-order valence-corrected chi connectivity index (χ3v) is 5.11. The lowest BCUT2D eigenvalue weighted by Crippen LogP contribution is -2.42. The number of rotatable bonds is 7. The van der Waals surface area contributed by atoms with E-state index in [4.69, 9.17) is 4.74 Å². The van der Waals surface area contributed by atoms with Gasteiger partial charge in [0.05, 0.1) is 19.4 Å². The number of hydrogen-bond acceptors (Lipinski definition) is 4. The number of fused-ring (bicyclic) bond motifs is 1. The first-order valence-electron chi connectivity index (χ1n) is 10.0. The van der Waals surface area contributed by atoms with Crippen molar-refractivity contribution in [3.8, 4) is 5.75 Å². The van der Waals surface area contributed by atoms with Crippen LogP contribution in [0.15, 0.2) is 70.5 Å². The number of benzene rings is 2. The van der Waals surface area contributed by atoms with Gasteiger partial charge in [0.25, 0.3) is 5.56 Å². The van der Waals surface area contributed by atoms with Crippen LogP contribution in [0.3, 0.4) is 0 Å². The average molecular weight is 404 g/mol. The van der Waals surface area contributed by atoms with Crippen molar-refractivity contribution in [2.75, 3.05) is 6.61 Å². The summed E-state index contributed by atoms with van der Waals surface area (Å²) in [7, 11) is 0. The maximum absolute atomic E-state index is 13.2. The molecule has 0 bridgehead atoms. The van der Waals surface area contributed by atoms with Gasteiger partial charge in [-0.1, -0.05) is 48.0 Å². The maximum Gasteiger partial charge on any atom is 0.333 e. The van der Waals surface area contributed by atoms with Crippen molar-refractivity contribution in [1.29, 1.82) is 0 Å². The molecule has 4 rings (SSSR count). The van der Waals surface area contributed by atoms with Crippen LogP contribution in [0, 0.1) is 6.92 Å². The van der Waals surface area contributed by atoms with E-state index in [1.165, 1.54) is 4.57 Å². The van der Waals surface area contributed by atoms with Gasteiger partial charge >= 0.3 is 5.69 Å². The summed E-state index contributed by atoms with van der Waals surface area (Å²) in [5.41, 5.74) is 2.22. The SMILES string of the molecule is CCn1cnc2c1c(=O)n(CCOc1ccc(C)cc1)c(=O)n2Cc1ccccc1. The van der Waals surface area contributed by atoms with Gasteiger partial charge in [-0.05, 0) is 31.5 Å². The molecular formula is C23H24N4O3. The van der Waals surface area contributed by atoms with Crippen molar-refractivity contribution in [3.63, 3.8) is 0 Å². The highest BCUT2D eigenvalue weighted by atomic mass is 16.5. The molecule has 0 amide bonds. The lowest BCUT2D eigenvalue weighted by molar-refractivity contribution is 0.292. The molecule has 2 aromatic carbocycles. The van der Waals surface area contributed by atoms with E-state index < -0.39 is 0 Å². The molecule has 0 aliphatic carbocycles. The zero-order valence-corrected chi connectivity index (χ0v) is 17.1. The molecule has 0 aliphatic rings. The second-order valence-electron chi connectivity index (χ2n) is 7.18. The number of nitrogens with zero attached hydrogens (tertiary/aromatic N) is 4. The van der Waals surface area contributed by atoms with Crippen LogP contribution in [0.1, 0.15) is 18.1 Å². The number of aromatic nitrogens is 4. The highest BCUT2D eigenvalue weighted by molar-refractivity contribution is 5.70. The van der Waals surface area contributed by atoms with Gasteiger partial charge < -0.3 is 9.30 Å². The molecule has 4 aromatic rings. The summed E-state index contributed by atoms with van der Waals surface area (Å²) in [6.07, 6.45) is 1.61. The van der Waals surface area contributed by atoms with Crippen LogP contribution in [-0.4, -0.2) is 25.3 Å². The van der Waals surface area contributed by atoms with Crippen LogP contribution in [-0.2, 0) is 19.6 Å². The van der Waals surface area contributed by atoms with Crippen LogP contribution in [0.5, 0.6) is 5.75 Å². The first-order valence-corrected chi connectivity index (χ1v) is 10.0. The molecule has 7 nitrogen and oxygen atoms in total. The Bertz CT molecular complexity index is 1270. The summed E-state index contributed by atoms with van der Waals surface area (Å²) in [4.78, 5) is 30.7. The van der Waals surface area contributed by atoms with Gasteiger partial charge in [0.1, 0.15) is 12.4 Å². The molecule has 0 saturated heterocycles. The fourth-order valence-corrected chi connectivity index (χ4v) is 3.47. The first kappa shape index (κ1) is 19.7. The van der Waals surface area contributed by atoms with Gasteiger partial charge in [0.2, 0.25) is 0 Å². The van der Waals surface area contributed by atoms with Gasteiger partial charge in [-0.3, -0.25) is 13.9 Å². The molecule has 0 N–H and O–H groups in total. The first-order chi connectivity index (χ1) is 14.6. The lowest BCUT2D eigenvalue weighted by Gasteiger charge is -2.13. The molecular weight excluding hydrogens is 380 g/mol. The Kier molecular flexibility index (Phi) is 5.52. The van der Waals surface area contributed by atoms with Crippen molar-refractivity contribution in [3.05, 3.63) is 92.9 Å². The van der Waals surface area contributed by atoms with Crippen molar-refractivity contribution >= 4 is 11.2 Å². The molecule has 2 heterocycles. The summed E-state index contributed by atoms with van der Waals surface area (Å²) >= 11 is 0. The Morgan fingerprint density at radius 3 is 2.40 bits per heavy atom. The van der Waals surface area contributed by atoms with Gasteiger partial charge in [-0.25, -0.2) is 9.78 Å². The Morgan fingerprint density at radius 1 is 0.967 bits per heavy atom. The van der Waals surface area contributed by atoms with E-state index in [0.717, 1.165) is 11.1 Å². The Balaban J connectivity index is 1.72. The van der Waals surface area contributed by atoms with E-state index in [9.17, 15) is 9.59 Å². The molecule has 0 saturated carbocycles. The zero-order valence-electron chi connectivity index (χ0n) is 17.1. The summed E-state index contributed by atoms with van der Waals surface area (Å²) in [5, 5.41) is 0. The molecule has 2 aromatic heterocycles. The van der Waals surface area contributed by atoms with E-state index >= 15 is 0 Å². The van der Waals surface area contributed by atoms with E-state index in [2.05, 4.69) is 4.98 Å². The molecule has 0 aliphatic heterocycles. The van der Waals surface area contributed by atoms with Crippen molar-refractivity contribution in [1.82, 2.24) is 18.7 Å². The largest absolute Gasteiger partial charge is 0.492 e. The van der Waals surface area contributed by atoms with E-state index in [-0.39, 0.29) is 24.4 Å². The van der Waals surface area contributed by atoms with Crippen LogP contribution >= 0.6 is 0 Å². The minimum absolute atomic E-state index is 0.158. The molecule has 0 spiro atoms.